The number of hydrogen-bond acceptors (Lipinski definition) is 2. The van der Waals surface area contributed by atoms with E-state index in [4.69, 9.17) is 0 Å². The van der Waals surface area contributed by atoms with Gasteiger partial charge in [0.25, 0.3) is 5.91 Å². The largest absolute Gasteiger partial charge is 0.349 e. The average Bonchev–Trinajstić information content (AvgIpc) is 2.85. The molecule has 0 aliphatic carbocycles. The summed E-state index contributed by atoms with van der Waals surface area (Å²) < 4.78 is 1.96. The Hall–Kier alpha value is -1.29. The third kappa shape index (κ3) is 3.09. The Balaban J connectivity index is 1.84. The van der Waals surface area contributed by atoms with Gasteiger partial charge in [-0.1, -0.05) is 6.42 Å². The molecule has 94 valence electrons. The monoisotopic (exact) mass is 235 g/mol. The molecule has 0 aromatic carbocycles. The number of carbonyl (C=O) groups excluding carboxylic acids is 1. The van der Waals surface area contributed by atoms with E-state index in [1.54, 1.807) is 0 Å². The molecule has 1 aliphatic rings. The van der Waals surface area contributed by atoms with E-state index in [0.717, 1.165) is 31.7 Å². The molecule has 0 radical (unpaired) electrons. The highest BCUT2D eigenvalue weighted by Crippen LogP contribution is 2.06. The minimum atomic E-state index is 0.0317. The third-order valence-electron chi connectivity index (χ3n) is 3.32. The van der Waals surface area contributed by atoms with Gasteiger partial charge in [0.15, 0.2) is 0 Å². The Bertz CT molecular complexity index is 366. The first-order valence-electron chi connectivity index (χ1n) is 6.48. The van der Waals surface area contributed by atoms with Gasteiger partial charge in [-0.05, 0) is 38.4 Å². The van der Waals surface area contributed by atoms with Crippen LogP contribution in [-0.4, -0.2) is 29.6 Å². The van der Waals surface area contributed by atoms with Gasteiger partial charge in [0.2, 0.25) is 0 Å². The van der Waals surface area contributed by atoms with Crippen molar-refractivity contribution in [1.82, 2.24) is 15.2 Å². The number of aromatic nitrogens is 1. The van der Waals surface area contributed by atoms with Gasteiger partial charge >= 0.3 is 0 Å². The lowest BCUT2D eigenvalue weighted by molar-refractivity contribution is 0.0938. The van der Waals surface area contributed by atoms with Crippen molar-refractivity contribution >= 4 is 5.91 Å². The lowest BCUT2D eigenvalue weighted by Crippen LogP contribution is -2.43. The highest BCUT2D eigenvalue weighted by Gasteiger charge is 2.15. The fraction of sp³-hybridized carbons (Fsp3) is 0.615. The fourth-order valence-corrected chi connectivity index (χ4v) is 2.30. The zero-order valence-electron chi connectivity index (χ0n) is 10.4. The van der Waals surface area contributed by atoms with Crippen LogP contribution in [0.1, 0.15) is 36.7 Å². The first-order valence-corrected chi connectivity index (χ1v) is 6.48. The van der Waals surface area contributed by atoms with E-state index < -0.39 is 0 Å². The smallest absolute Gasteiger partial charge is 0.267 e. The summed E-state index contributed by atoms with van der Waals surface area (Å²) in [4.78, 5) is 12.0. The Morgan fingerprint density at radius 1 is 1.59 bits per heavy atom. The molecule has 1 atom stereocenters. The Morgan fingerprint density at radius 2 is 2.47 bits per heavy atom. The van der Waals surface area contributed by atoms with E-state index in [-0.39, 0.29) is 5.91 Å². The van der Waals surface area contributed by atoms with Crippen LogP contribution in [0.3, 0.4) is 0 Å². The first kappa shape index (κ1) is 12.2. The van der Waals surface area contributed by atoms with Crippen molar-refractivity contribution in [2.45, 2.75) is 38.8 Å². The molecule has 1 saturated heterocycles. The minimum Gasteiger partial charge on any atom is -0.349 e. The van der Waals surface area contributed by atoms with Crippen molar-refractivity contribution < 1.29 is 4.79 Å². The molecule has 4 nitrogen and oxygen atoms in total. The van der Waals surface area contributed by atoms with Crippen LogP contribution in [0.5, 0.6) is 0 Å². The van der Waals surface area contributed by atoms with Crippen molar-refractivity contribution in [3.8, 4) is 0 Å². The number of piperidine rings is 1. The Labute approximate surface area is 102 Å². The second kappa shape index (κ2) is 5.87. The van der Waals surface area contributed by atoms with E-state index >= 15 is 0 Å². The molecule has 2 N–H and O–H groups in total. The second-order valence-corrected chi connectivity index (χ2v) is 4.54. The molecule has 1 aliphatic heterocycles. The van der Waals surface area contributed by atoms with Gasteiger partial charge in [0.1, 0.15) is 5.69 Å². The summed E-state index contributed by atoms with van der Waals surface area (Å²) in [7, 11) is 0. The molecule has 1 fully saturated rings. The van der Waals surface area contributed by atoms with E-state index in [9.17, 15) is 4.79 Å². The van der Waals surface area contributed by atoms with E-state index in [0.29, 0.717) is 6.04 Å². The van der Waals surface area contributed by atoms with Gasteiger partial charge < -0.3 is 15.2 Å². The summed E-state index contributed by atoms with van der Waals surface area (Å²) in [6.07, 6.45) is 5.62. The topological polar surface area (TPSA) is 46.1 Å². The molecule has 4 heteroatoms. The molecule has 0 saturated carbocycles. The van der Waals surface area contributed by atoms with Gasteiger partial charge in [-0.3, -0.25) is 4.79 Å². The van der Waals surface area contributed by atoms with Crippen LogP contribution >= 0.6 is 0 Å². The van der Waals surface area contributed by atoms with Gasteiger partial charge in [-0.25, -0.2) is 0 Å². The summed E-state index contributed by atoms with van der Waals surface area (Å²) in [5, 5.41) is 6.43. The number of nitrogens with zero attached hydrogens (tertiary/aromatic N) is 1. The summed E-state index contributed by atoms with van der Waals surface area (Å²) in [6.45, 7) is 4.68. The average molecular weight is 235 g/mol. The molecular weight excluding hydrogens is 214 g/mol. The lowest BCUT2D eigenvalue weighted by atomic mass is 10.1. The molecular formula is C13H21N3O. The van der Waals surface area contributed by atoms with Crippen molar-refractivity contribution in [2.24, 2.45) is 0 Å². The third-order valence-corrected chi connectivity index (χ3v) is 3.32. The maximum atomic E-state index is 12.0. The van der Waals surface area contributed by atoms with Gasteiger partial charge in [-0.2, -0.15) is 0 Å². The molecule has 2 rings (SSSR count). The van der Waals surface area contributed by atoms with E-state index in [2.05, 4.69) is 10.6 Å². The standard InChI is InChI=1S/C13H21N3O/c1-2-16-9-5-7-12(16)13(17)15-10-11-6-3-4-8-14-11/h5,7,9,11,14H,2-4,6,8,10H2,1H3,(H,15,17). The van der Waals surface area contributed by atoms with Crippen LogP contribution in [0, 0.1) is 0 Å². The number of nitrogens with one attached hydrogen (secondary N) is 2. The highest BCUT2D eigenvalue weighted by atomic mass is 16.1. The predicted octanol–water partition coefficient (Wildman–Crippen LogP) is 1.38. The van der Waals surface area contributed by atoms with E-state index in [1.165, 1.54) is 12.8 Å². The van der Waals surface area contributed by atoms with Crippen molar-refractivity contribution in [3.63, 3.8) is 0 Å². The molecule has 0 bridgehead atoms. The first-order chi connectivity index (χ1) is 8.31. The summed E-state index contributed by atoms with van der Waals surface area (Å²) >= 11 is 0. The fourth-order valence-electron chi connectivity index (χ4n) is 2.30. The maximum absolute atomic E-state index is 12.0. The highest BCUT2D eigenvalue weighted by molar-refractivity contribution is 5.92. The molecule has 0 spiro atoms. The predicted molar refractivity (Wildman–Crippen MR) is 68.1 cm³/mol. The molecule has 1 amide bonds. The Kier molecular flexibility index (Phi) is 4.20. The normalized spacial score (nSPS) is 20.2. The van der Waals surface area contributed by atoms with Crippen LogP contribution in [0.25, 0.3) is 0 Å². The second-order valence-electron chi connectivity index (χ2n) is 4.54. The number of carbonyl (C=O) groups is 1. The number of rotatable bonds is 4. The van der Waals surface area contributed by atoms with Crippen molar-refractivity contribution in [1.29, 1.82) is 0 Å². The number of hydrogen-bond donors (Lipinski definition) is 2. The van der Waals surface area contributed by atoms with Gasteiger partial charge in [-0.15, -0.1) is 0 Å². The van der Waals surface area contributed by atoms with Gasteiger partial charge in [0.05, 0.1) is 0 Å². The summed E-state index contributed by atoms with van der Waals surface area (Å²) in [5.41, 5.74) is 0.753. The molecule has 1 aromatic heterocycles. The van der Waals surface area contributed by atoms with Crippen LogP contribution in [0.4, 0.5) is 0 Å². The maximum Gasteiger partial charge on any atom is 0.267 e. The SMILES string of the molecule is CCn1cccc1C(=O)NCC1CCCCN1. The van der Waals surface area contributed by atoms with Crippen molar-refractivity contribution in [3.05, 3.63) is 24.0 Å². The zero-order valence-corrected chi connectivity index (χ0v) is 10.4. The minimum absolute atomic E-state index is 0.0317. The quantitative estimate of drug-likeness (QED) is 0.828. The van der Waals surface area contributed by atoms with Crippen LogP contribution in [-0.2, 0) is 6.54 Å². The van der Waals surface area contributed by atoms with Crippen LogP contribution in [0.15, 0.2) is 18.3 Å². The number of aryl methyl sites for hydroxylation is 1. The van der Waals surface area contributed by atoms with Crippen LogP contribution < -0.4 is 10.6 Å². The summed E-state index contributed by atoms with van der Waals surface area (Å²) in [5.74, 6) is 0.0317. The summed E-state index contributed by atoms with van der Waals surface area (Å²) in [6, 6.07) is 4.22. The Morgan fingerprint density at radius 3 is 3.18 bits per heavy atom. The lowest BCUT2D eigenvalue weighted by Gasteiger charge is -2.23. The van der Waals surface area contributed by atoms with Gasteiger partial charge in [0, 0.05) is 25.3 Å². The molecule has 17 heavy (non-hydrogen) atoms. The van der Waals surface area contributed by atoms with E-state index in [1.807, 2.05) is 29.8 Å². The molecule has 1 aromatic rings. The number of amides is 1. The zero-order chi connectivity index (χ0) is 12.1. The van der Waals surface area contributed by atoms with Crippen LogP contribution in [0.2, 0.25) is 0 Å². The molecule has 1 unspecified atom stereocenters. The molecule has 2 heterocycles. The van der Waals surface area contributed by atoms with Crippen molar-refractivity contribution in [2.75, 3.05) is 13.1 Å².